The summed E-state index contributed by atoms with van der Waals surface area (Å²) in [6.45, 7) is 9.80. The molecule has 0 saturated heterocycles. The maximum absolute atomic E-state index is 5.33. The summed E-state index contributed by atoms with van der Waals surface area (Å²) in [4.78, 5) is 20.5. The third-order valence-electron chi connectivity index (χ3n) is 24.8. The third-order valence-corrected chi connectivity index (χ3v) is 24.8. The minimum Gasteiger partial charge on any atom is -0.309 e. The quantitative estimate of drug-likeness (QED) is 0.156. The van der Waals surface area contributed by atoms with Crippen LogP contribution in [0.2, 0.25) is 0 Å². The van der Waals surface area contributed by atoms with E-state index < -0.39 is 0 Å². The van der Waals surface area contributed by atoms with Crippen LogP contribution in [0.3, 0.4) is 0 Å². The first-order chi connectivity index (χ1) is 52.1. The smallest absolute Gasteiger partial charge is 0.116 e. The first-order valence-corrected chi connectivity index (χ1v) is 37.3. The van der Waals surface area contributed by atoms with E-state index in [4.69, 9.17) is 19.9 Å². The van der Waals surface area contributed by atoms with E-state index in [-0.39, 0.29) is 10.8 Å². The van der Waals surface area contributed by atoms with Crippen LogP contribution in [0.5, 0.6) is 0 Å². The van der Waals surface area contributed by atoms with E-state index in [0.29, 0.717) is 0 Å². The lowest BCUT2D eigenvalue weighted by molar-refractivity contribution is 0.663. The maximum Gasteiger partial charge on any atom is 0.116 e. The summed E-state index contributed by atoms with van der Waals surface area (Å²) < 4.78 is 5.19. The summed E-state index contributed by atoms with van der Waals surface area (Å²) in [6.07, 6.45) is 9.04. The fraction of sp³-hybridized carbons (Fsp3) is 0.100. The van der Waals surface area contributed by atoms with Crippen LogP contribution in [0.25, 0.3) is 165 Å². The number of benzene rings is 14. The van der Waals surface area contributed by atoms with E-state index in [1.165, 1.54) is 154 Å². The zero-order valence-corrected chi connectivity index (χ0v) is 59.2. The Balaban J connectivity index is 0.664. The predicted octanol–water partition coefficient (Wildman–Crippen LogP) is 24.3. The second-order valence-corrected chi connectivity index (χ2v) is 31.1. The first-order valence-electron chi connectivity index (χ1n) is 37.3. The number of para-hydroxylation sites is 2. The van der Waals surface area contributed by atoms with Crippen LogP contribution in [0.1, 0.15) is 94.5 Å². The lowest BCUT2D eigenvalue weighted by Crippen LogP contribution is -2.18. The molecule has 0 N–H and O–H groups in total. The topological polar surface area (TPSA) is 61.4 Å². The Morgan fingerprint density at radius 1 is 0.311 bits per heavy atom. The number of rotatable bonds is 6. The molecule has 4 aliphatic rings. The number of pyridine rings is 2. The standard InChI is InChI=1S/C100H68N6/c1-99(2)81-34-14-10-30-72(81)87-77-52-67-46-59-23-8-9-24-60(59)47-68(67)54-79(77)89-74-32-12-16-36-83(74)105(97(89)91(87)99)71-29-19-26-64(51-71)86-93(57-21-6-5-7-22-57)103-56-104-94(86)65-27-18-25-61(45-65)62-38-39-63-49-69-55-80-78(53-70(69)50-66(63)48-62)88-73-31-11-15-35-82(73)100(3,4)92(88)98-90(80)75-33-13-17-37-84(75)106(98)85-42-44-102-96-76(85)41-40-58-28-20-43-101-95(58)96/h5-51,56H,52-55H2,1-4H3. The number of hydrogen-bond donors (Lipinski definition) is 0. The molecule has 106 heavy (non-hydrogen) atoms. The summed E-state index contributed by atoms with van der Waals surface area (Å²) in [5.41, 5.74) is 39.1. The van der Waals surface area contributed by atoms with E-state index >= 15 is 0 Å². The summed E-state index contributed by atoms with van der Waals surface area (Å²) in [5.74, 6) is 0. The molecule has 0 saturated carbocycles. The molecule has 0 unspecified atom stereocenters. The Kier molecular flexibility index (Phi) is 12.3. The molecule has 0 spiro atoms. The fourth-order valence-corrected chi connectivity index (χ4v) is 20.2. The Labute approximate surface area is 613 Å². The Morgan fingerprint density at radius 3 is 1.49 bits per heavy atom. The van der Waals surface area contributed by atoms with Crippen molar-refractivity contribution in [3.05, 3.63) is 358 Å². The average molecular weight is 1350 g/mol. The lowest BCUT2D eigenvalue weighted by Gasteiger charge is -2.28. The van der Waals surface area contributed by atoms with Gasteiger partial charge in [0.25, 0.3) is 0 Å². The van der Waals surface area contributed by atoms with E-state index in [1.807, 2.05) is 18.5 Å². The van der Waals surface area contributed by atoms with Gasteiger partial charge in [-0.05, 0) is 208 Å². The van der Waals surface area contributed by atoms with Gasteiger partial charge < -0.3 is 9.13 Å². The molecule has 0 bridgehead atoms. The van der Waals surface area contributed by atoms with Gasteiger partial charge >= 0.3 is 0 Å². The molecular formula is C100H68N6. The maximum atomic E-state index is 5.33. The number of nitrogens with zero attached hydrogens (tertiary/aromatic N) is 6. The summed E-state index contributed by atoms with van der Waals surface area (Å²) in [7, 11) is 0. The van der Waals surface area contributed by atoms with Crippen molar-refractivity contribution in [1.82, 2.24) is 29.1 Å². The summed E-state index contributed by atoms with van der Waals surface area (Å²) in [5, 5.41) is 12.5. The molecule has 23 rings (SSSR count). The molecule has 0 atom stereocenters. The van der Waals surface area contributed by atoms with Gasteiger partial charge in [0.05, 0.1) is 50.2 Å². The zero-order valence-electron chi connectivity index (χ0n) is 59.2. The summed E-state index contributed by atoms with van der Waals surface area (Å²) >= 11 is 0. The van der Waals surface area contributed by atoms with Crippen molar-refractivity contribution in [2.45, 2.75) is 64.2 Å². The van der Waals surface area contributed by atoms with Crippen molar-refractivity contribution >= 4 is 87.0 Å². The highest BCUT2D eigenvalue weighted by atomic mass is 15.0. The van der Waals surface area contributed by atoms with Crippen LogP contribution in [-0.2, 0) is 36.5 Å². The third kappa shape index (κ3) is 8.27. The normalized spacial score (nSPS) is 14.2. The minimum atomic E-state index is -0.291. The SMILES string of the molecule is CC1(C)c2ccccc2-c2c3c(c4c5ccccc5n(-c5cccc(-c6c(-c7ccccc7)ncnc6-c6cccc(-c7ccc8cc9c(cc8c7)Cc7c8c(c%10c(c7C9)c7ccccc7n%10-c7ccnc9c7ccc7cccnc79)C(C)(C)c7ccccc7-8)c6)c5)c4c21)Cc1cc2ccccc2cc1C3. The van der Waals surface area contributed by atoms with Crippen molar-refractivity contribution in [2.24, 2.45) is 0 Å². The van der Waals surface area contributed by atoms with Gasteiger partial charge in [0.2, 0.25) is 0 Å². The molecular weight excluding hydrogens is 1290 g/mol. The van der Waals surface area contributed by atoms with E-state index in [2.05, 4.69) is 304 Å². The molecule has 19 aromatic rings. The van der Waals surface area contributed by atoms with Crippen LogP contribution >= 0.6 is 0 Å². The van der Waals surface area contributed by atoms with Gasteiger partial charge in [-0.15, -0.1) is 0 Å². The molecule has 0 radical (unpaired) electrons. The summed E-state index contributed by atoms with van der Waals surface area (Å²) in [6, 6.07) is 102. The van der Waals surface area contributed by atoms with Crippen LogP contribution in [0.15, 0.2) is 292 Å². The highest BCUT2D eigenvalue weighted by Gasteiger charge is 2.45. The largest absolute Gasteiger partial charge is 0.309 e. The highest BCUT2D eigenvalue weighted by Crippen LogP contribution is 2.60. The van der Waals surface area contributed by atoms with E-state index in [9.17, 15) is 0 Å². The monoisotopic (exact) mass is 1350 g/mol. The molecule has 0 fully saturated rings. The number of aromatic nitrogens is 6. The number of hydrogen-bond acceptors (Lipinski definition) is 4. The van der Waals surface area contributed by atoms with Crippen molar-refractivity contribution in [1.29, 1.82) is 0 Å². The molecule has 14 aromatic carbocycles. The molecule has 498 valence electrons. The van der Waals surface area contributed by atoms with E-state index in [0.717, 1.165) is 104 Å². The second-order valence-electron chi connectivity index (χ2n) is 31.1. The van der Waals surface area contributed by atoms with Gasteiger partial charge in [0.1, 0.15) is 6.33 Å². The van der Waals surface area contributed by atoms with Gasteiger partial charge in [-0.25, -0.2) is 9.97 Å². The van der Waals surface area contributed by atoms with Crippen molar-refractivity contribution in [2.75, 3.05) is 0 Å². The second kappa shape index (κ2) is 21.8. The zero-order chi connectivity index (χ0) is 70.0. The first kappa shape index (κ1) is 59.6. The average Bonchev–Trinajstić information content (AvgIpc) is 1.52. The fourth-order valence-electron chi connectivity index (χ4n) is 20.2. The molecule has 6 nitrogen and oxygen atoms in total. The Hall–Kier alpha value is -12.9. The highest BCUT2D eigenvalue weighted by molar-refractivity contribution is 6.19. The lowest BCUT2D eigenvalue weighted by atomic mass is 9.76. The van der Waals surface area contributed by atoms with Crippen LogP contribution in [0, 0.1) is 0 Å². The molecule has 4 aliphatic carbocycles. The Morgan fingerprint density at radius 2 is 0.811 bits per heavy atom. The molecule has 0 amide bonds. The molecule has 5 heterocycles. The van der Waals surface area contributed by atoms with Crippen molar-refractivity contribution < 1.29 is 0 Å². The van der Waals surface area contributed by atoms with E-state index in [1.54, 1.807) is 6.33 Å². The van der Waals surface area contributed by atoms with Crippen molar-refractivity contribution in [3.8, 4) is 78.4 Å². The number of fused-ring (bicyclic) bond motifs is 27. The van der Waals surface area contributed by atoms with Crippen LogP contribution < -0.4 is 0 Å². The molecule has 5 aromatic heterocycles. The minimum absolute atomic E-state index is 0.285. The molecule has 6 heteroatoms. The Bertz CT molecular complexity index is 7140. The van der Waals surface area contributed by atoms with Gasteiger partial charge in [-0.2, -0.15) is 0 Å². The van der Waals surface area contributed by atoms with Gasteiger partial charge in [0, 0.05) is 77.9 Å². The van der Waals surface area contributed by atoms with Crippen LogP contribution in [0.4, 0.5) is 0 Å². The van der Waals surface area contributed by atoms with Gasteiger partial charge in [0.15, 0.2) is 0 Å². The van der Waals surface area contributed by atoms with Gasteiger partial charge in [-0.1, -0.05) is 246 Å². The predicted molar refractivity (Wildman–Crippen MR) is 437 cm³/mol. The van der Waals surface area contributed by atoms with Crippen molar-refractivity contribution in [3.63, 3.8) is 0 Å². The molecule has 0 aliphatic heterocycles. The van der Waals surface area contributed by atoms with Gasteiger partial charge in [-0.3, -0.25) is 9.97 Å². The van der Waals surface area contributed by atoms with Crippen LogP contribution in [-0.4, -0.2) is 29.1 Å².